The number of nitrogens with two attached hydrogens (primary N) is 1. The van der Waals surface area contributed by atoms with Gasteiger partial charge in [-0.2, -0.15) is 0 Å². The number of rotatable bonds is 5. The Bertz CT molecular complexity index is 585. The molecule has 0 bridgehead atoms. The highest BCUT2D eigenvalue weighted by atomic mass is 16.7. The van der Waals surface area contributed by atoms with Crippen LogP contribution in [0, 0.1) is 0 Å². The third-order valence-corrected chi connectivity index (χ3v) is 2.92. The molecular formula is C14H14N2O6. The molecule has 22 heavy (non-hydrogen) atoms. The number of imide groups is 1. The highest BCUT2D eigenvalue weighted by molar-refractivity contribution is 6.04. The first kappa shape index (κ1) is 15.6. The van der Waals surface area contributed by atoms with Crippen LogP contribution in [0.15, 0.2) is 30.3 Å². The number of ether oxygens (including phenoxy) is 1. The van der Waals surface area contributed by atoms with Crippen LogP contribution < -0.4 is 5.73 Å². The van der Waals surface area contributed by atoms with E-state index < -0.39 is 29.8 Å². The third kappa shape index (κ3) is 3.67. The van der Waals surface area contributed by atoms with Gasteiger partial charge in [-0.15, -0.1) is 5.06 Å². The number of hydroxylamine groups is 2. The molecule has 1 fully saturated rings. The van der Waals surface area contributed by atoms with Gasteiger partial charge >= 0.3 is 11.9 Å². The molecule has 0 spiro atoms. The summed E-state index contributed by atoms with van der Waals surface area (Å²) in [7, 11) is 0. The fourth-order valence-corrected chi connectivity index (χ4v) is 1.72. The second kappa shape index (κ2) is 6.81. The zero-order valence-electron chi connectivity index (χ0n) is 11.6. The number of benzene rings is 1. The minimum Gasteiger partial charge on any atom is -0.459 e. The number of amides is 2. The van der Waals surface area contributed by atoms with Crippen LogP contribution >= 0.6 is 0 Å². The quantitative estimate of drug-likeness (QED) is 0.449. The van der Waals surface area contributed by atoms with E-state index in [9.17, 15) is 19.2 Å². The molecule has 1 aromatic carbocycles. The Morgan fingerprint density at radius 2 is 1.68 bits per heavy atom. The van der Waals surface area contributed by atoms with Crippen LogP contribution in [0.2, 0.25) is 0 Å². The predicted molar refractivity (Wildman–Crippen MR) is 71.4 cm³/mol. The number of hydrogen-bond acceptors (Lipinski definition) is 7. The zero-order chi connectivity index (χ0) is 16.1. The van der Waals surface area contributed by atoms with Crippen LogP contribution in [-0.2, 0) is 35.4 Å². The normalized spacial score (nSPS) is 15.6. The van der Waals surface area contributed by atoms with E-state index in [2.05, 4.69) is 4.84 Å². The zero-order valence-corrected chi connectivity index (χ0v) is 11.6. The maximum absolute atomic E-state index is 11.7. The number of nitrogens with zero attached hydrogens (tertiary/aromatic N) is 1. The maximum Gasteiger partial charge on any atom is 0.361 e. The van der Waals surface area contributed by atoms with Crippen LogP contribution in [0.1, 0.15) is 18.4 Å². The predicted octanol–water partition coefficient (Wildman–Crippen LogP) is -0.336. The summed E-state index contributed by atoms with van der Waals surface area (Å²) in [4.78, 5) is 50.4. The van der Waals surface area contributed by atoms with Crippen molar-refractivity contribution in [2.45, 2.75) is 25.5 Å². The number of carbonyl (C=O) groups excluding carboxylic acids is 4. The van der Waals surface area contributed by atoms with Gasteiger partial charge in [0, 0.05) is 12.8 Å². The first-order chi connectivity index (χ1) is 10.5. The van der Waals surface area contributed by atoms with Crippen molar-refractivity contribution in [1.29, 1.82) is 0 Å². The molecule has 1 unspecified atom stereocenters. The van der Waals surface area contributed by atoms with E-state index in [1.54, 1.807) is 30.3 Å². The summed E-state index contributed by atoms with van der Waals surface area (Å²) < 4.78 is 4.88. The number of carbonyl (C=O) groups is 4. The molecule has 1 atom stereocenters. The van der Waals surface area contributed by atoms with E-state index in [1.165, 1.54) is 0 Å². The summed E-state index contributed by atoms with van der Waals surface area (Å²) in [6.07, 6.45) is -0.0837. The topological polar surface area (TPSA) is 116 Å². The lowest BCUT2D eigenvalue weighted by atomic mass is 10.2. The van der Waals surface area contributed by atoms with E-state index in [4.69, 9.17) is 10.5 Å². The van der Waals surface area contributed by atoms with Crippen molar-refractivity contribution in [3.63, 3.8) is 0 Å². The van der Waals surface area contributed by atoms with Gasteiger partial charge in [-0.1, -0.05) is 30.3 Å². The summed E-state index contributed by atoms with van der Waals surface area (Å²) in [5.41, 5.74) is 6.12. The van der Waals surface area contributed by atoms with Crippen molar-refractivity contribution in [1.82, 2.24) is 5.06 Å². The Hall–Kier alpha value is -2.74. The summed E-state index contributed by atoms with van der Waals surface area (Å²) in [6, 6.07) is 7.07. The summed E-state index contributed by atoms with van der Waals surface area (Å²) >= 11 is 0. The Labute approximate surface area is 125 Å². The van der Waals surface area contributed by atoms with Crippen molar-refractivity contribution in [2.24, 2.45) is 5.73 Å². The largest absolute Gasteiger partial charge is 0.459 e. The molecule has 0 saturated carbocycles. The van der Waals surface area contributed by atoms with Crippen molar-refractivity contribution in [3.8, 4) is 0 Å². The van der Waals surface area contributed by atoms with Crippen LogP contribution in [0.3, 0.4) is 0 Å². The first-order valence-corrected chi connectivity index (χ1v) is 6.53. The molecule has 2 N–H and O–H groups in total. The summed E-state index contributed by atoms with van der Waals surface area (Å²) in [6.45, 7) is -0.0533. The number of hydrogen-bond donors (Lipinski definition) is 1. The highest BCUT2D eigenvalue weighted by Gasteiger charge is 2.36. The average Bonchev–Trinajstić information content (AvgIpc) is 2.84. The molecule has 0 aliphatic carbocycles. The Kier molecular flexibility index (Phi) is 4.84. The molecule has 0 aromatic heterocycles. The minimum absolute atomic E-state index is 0.0419. The Morgan fingerprint density at radius 3 is 2.27 bits per heavy atom. The maximum atomic E-state index is 11.7. The molecule has 1 aromatic rings. The van der Waals surface area contributed by atoms with Gasteiger partial charge in [-0.05, 0) is 5.56 Å². The highest BCUT2D eigenvalue weighted by Crippen LogP contribution is 2.12. The van der Waals surface area contributed by atoms with Gasteiger partial charge in [-0.25, -0.2) is 9.59 Å². The van der Waals surface area contributed by atoms with Gasteiger partial charge in [0.25, 0.3) is 11.8 Å². The monoisotopic (exact) mass is 306 g/mol. The van der Waals surface area contributed by atoms with Crippen molar-refractivity contribution in [3.05, 3.63) is 35.9 Å². The lowest BCUT2D eigenvalue weighted by Crippen LogP contribution is -2.45. The second-order valence-corrected chi connectivity index (χ2v) is 4.56. The third-order valence-electron chi connectivity index (χ3n) is 2.92. The van der Waals surface area contributed by atoms with Crippen LogP contribution in [0.25, 0.3) is 0 Å². The summed E-state index contributed by atoms with van der Waals surface area (Å²) in [5, 5.41) is 0.326. The van der Waals surface area contributed by atoms with Gasteiger partial charge in [0.1, 0.15) is 6.61 Å². The average molecular weight is 306 g/mol. The Morgan fingerprint density at radius 1 is 1.09 bits per heavy atom. The smallest absolute Gasteiger partial charge is 0.361 e. The SMILES string of the molecule is NC(C(=O)OCc1ccccc1)C(=O)ON1C(=O)CCC1=O. The Balaban J connectivity index is 1.86. The molecule has 1 saturated heterocycles. The second-order valence-electron chi connectivity index (χ2n) is 4.56. The molecule has 2 amide bonds. The first-order valence-electron chi connectivity index (χ1n) is 6.53. The van der Waals surface area contributed by atoms with Gasteiger partial charge in [0.15, 0.2) is 0 Å². The van der Waals surface area contributed by atoms with E-state index in [-0.39, 0.29) is 19.4 Å². The molecule has 1 aliphatic rings. The van der Waals surface area contributed by atoms with E-state index in [0.29, 0.717) is 5.06 Å². The van der Waals surface area contributed by atoms with Gasteiger partial charge in [-0.3, -0.25) is 9.59 Å². The van der Waals surface area contributed by atoms with Crippen molar-refractivity contribution in [2.75, 3.05) is 0 Å². The van der Waals surface area contributed by atoms with E-state index in [0.717, 1.165) is 5.56 Å². The van der Waals surface area contributed by atoms with Crippen LogP contribution in [0.5, 0.6) is 0 Å². The lowest BCUT2D eigenvalue weighted by Gasteiger charge is -2.15. The summed E-state index contributed by atoms with van der Waals surface area (Å²) in [5.74, 6) is -3.53. The number of esters is 1. The van der Waals surface area contributed by atoms with Gasteiger partial charge in [0.2, 0.25) is 6.04 Å². The minimum atomic E-state index is -1.73. The van der Waals surface area contributed by atoms with Gasteiger partial charge < -0.3 is 15.3 Å². The fourth-order valence-electron chi connectivity index (χ4n) is 1.72. The van der Waals surface area contributed by atoms with Crippen molar-refractivity contribution >= 4 is 23.8 Å². The lowest BCUT2D eigenvalue weighted by molar-refractivity contribution is -0.200. The molecule has 8 nitrogen and oxygen atoms in total. The molecule has 116 valence electrons. The van der Waals surface area contributed by atoms with E-state index in [1.807, 2.05) is 0 Å². The molecule has 0 radical (unpaired) electrons. The fraction of sp³-hybridized carbons (Fsp3) is 0.286. The molecular weight excluding hydrogens is 292 g/mol. The van der Waals surface area contributed by atoms with Crippen LogP contribution in [-0.4, -0.2) is 34.9 Å². The molecule has 8 heteroatoms. The van der Waals surface area contributed by atoms with E-state index >= 15 is 0 Å². The van der Waals surface area contributed by atoms with Crippen LogP contribution in [0.4, 0.5) is 0 Å². The van der Waals surface area contributed by atoms with Crippen molar-refractivity contribution < 1.29 is 28.8 Å². The molecule has 2 rings (SSSR count). The molecule has 1 heterocycles. The molecule has 1 aliphatic heterocycles. The standard InChI is InChI=1S/C14H14N2O6/c15-12(13(19)21-8-9-4-2-1-3-5-9)14(20)22-16-10(17)6-7-11(16)18/h1-5,12H,6-8,15H2. The van der Waals surface area contributed by atoms with Gasteiger partial charge in [0.05, 0.1) is 0 Å².